The number of thiophene rings is 1. The van der Waals surface area contributed by atoms with Gasteiger partial charge in [-0.15, -0.1) is 11.3 Å². The van der Waals surface area contributed by atoms with Gasteiger partial charge in [0.1, 0.15) is 5.75 Å². The van der Waals surface area contributed by atoms with Crippen molar-refractivity contribution in [2.75, 3.05) is 13.7 Å². The number of hydrogen-bond donors (Lipinski definition) is 1. The van der Waals surface area contributed by atoms with Crippen LogP contribution in [0.15, 0.2) is 41.8 Å². The lowest BCUT2D eigenvalue weighted by atomic mass is 10.1. The van der Waals surface area contributed by atoms with Crippen LogP contribution in [0.4, 0.5) is 0 Å². The summed E-state index contributed by atoms with van der Waals surface area (Å²) in [7, 11) is 1.61. The van der Waals surface area contributed by atoms with Gasteiger partial charge in [-0.2, -0.15) is 0 Å². The zero-order chi connectivity index (χ0) is 19.2. The van der Waals surface area contributed by atoms with Crippen LogP contribution in [0.2, 0.25) is 0 Å². The molecule has 27 heavy (non-hydrogen) atoms. The number of ether oxygens (including phenoxy) is 2. The van der Waals surface area contributed by atoms with Gasteiger partial charge in [0.15, 0.2) is 6.61 Å². The second kappa shape index (κ2) is 8.86. The van der Waals surface area contributed by atoms with E-state index < -0.39 is 5.97 Å². The molecular weight excluding hydrogens is 362 g/mol. The molecule has 0 bridgehead atoms. The van der Waals surface area contributed by atoms with Crippen molar-refractivity contribution in [3.63, 3.8) is 0 Å². The van der Waals surface area contributed by atoms with Crippen LogP contribution in [0.25, 0.3) is 11.6 Å². The Hall–Kier alpha value is -2.60. The van der Waals surface area contributed by atoms with Crippen molar-refractivity contribution in [1.82, 2.24) is 5.32 Å². The summed E-state index contributed by atoms with van der Waals surface area (Å²) in [6.45, 7) is 1.71. The summed E-state index contributed by atoms with van der Waals surface area (Å²) in [6, 6.07) is 11.2. The van der Waals surface area contributed by atoms with E-state index in [9.17, 15) is 9.59 Å². The Labute approximate surface area is 163 Å². The van der Waals surface area contributed by atoms with Crippen molar-refractivity contribution in [3.05, 3.63) is 52.2 Å². The first-order chi connectivity index (χ1) is 13.1. The summed E-state index contributed by atoms with van der Waals surface area (Å²) in [6.07, 6.45) is 4.06. The van der Waals surface area contributed by atoms with Crippen molar-refractivity contribution in [2.45, 2.75) is 25.8 Å². The third kappa shape index (κ3) is 5.44. The Morgan fingerprint density at radius 2 is 2.00 bits per heavy atom. The van der Waals surface area contributed by atoms with Gasteiger partial charge < -0.3 is 14.8 Å². The summed E-state index contributed by atoms with van der Waals surface area (Å²) in [5.74, 6) is 0.523. The lowest BCUT2D eigenvalue weighted by Gasteiger charge is -2.13. The molecule has 1 fully saturated rings. The van der Waals surface area contributed by atoms with E-state index in [2.05, 4.69) is 5.32 Å². The van der Waals surface area contributed by atoms with E-state index in [0.29, 0.717) is 11.5 Å². The van der Waals surface area contributed by atoms with Crippen molar-refractivity contribution in [1.29, 1.82) is 0 Å². The molecule has 1 aromatic carbocycles. The molecule has 3 rings (SSSR count). The van der Waals surface area contributed by atoms with Gasteiger partial charge in [0, 0.05) is 10.9 Å². The molecule has 1 N–H and O–H groups in total. The molecule has 1 aromatic heterocycles. The number of carbonyl (C=O) groups excluding carboxylic acids is 2. The van der Waals surface area contributed by atoms with Crippen molar-refractivity contribution >= 4 is 34.9 Å². The first-order valence-corrected chi connectivity index (χ1v) is 9.81. The first-order valence-electron chi connectivity index (χ1n) is 8.93. The number of rotatable bonds is 8. The molecule has 6 heteroatoms. The smallest absolute Gasteiger partial charge is 0.340 e. The highest BCUT2D eigenvalue weighted by Crippen LogP contribution is 2.32. The second-order valence-electron chi connectivity index (χ2n) is 6.58. The van der Waals surface area contributed by atoms with Crippen LogP contribution in [-0.2, 0) is 14.3 Å². The average Bonchev–Trinajstić information content (AvgIpc) is 3.40. The third-order valence-electron chi connectivity index (χ3n) is 4.49. The van der Waals surface area contributed by atoms with E-state index in [1.165, 1.54) is 11.3 Å². The van der Waals surface area contributed by atoms with Crippen LogP contribution in [0.5, 0.6) is 5.75 Å². The van der Waals surface area contributed by atoms with Gasteiger partial charge in [-0.25, -0.2) is 4.79 Å². The number of amides is 1. The molecule has 1 heterocycles. The first kappa shape index (κ1) is 19.2. The standard InChI is InChI=1S/C21H23NO4S/c1-14(16-7-8-16)22-20(23)13-26-21(24)18(19-4-3-11-27-19)12-15-5-9-17(25-2)10-6-15/h3-6,9-12,14,16H,7-8,13H2,1-2H3,(H,22,23)/b18-12+/t14-/m0/s1. The van der Waals surface area contributed by atoms with E-state index in [-0.39, 0.29) is 18.6 Å². The minimum atomic E-state index is -0.512. The van der Waals surface area contributed by atoms with Gasteiger partial charge in [0.2, 0.25) is 0 Å². The van der Waals surface area contributed by atoms with Crippen LogP contribution in [0.3, 0.4) is 0 Å². The molecule has 0 radical (unpaired) electrons. The Kier molecular flexibility index (Phi) is 6.29. The third-order valence-corrected chi connectivity index (χ3v) is 5.39. The highest BCUT2D eigenvalue weighted by Gasteiger charge is 2.29. The van der Waals surface area contributed by atoms with Crippen LogP contribution in [0.1, 0.15) is 30.2 Å². The Morgan fingerprint density at radius 1 is 1.26 bits per heavy atom. The second-order valence-corrected chi connectivity index (χ2v) is 7.53. The topological polar surface area (TPSA) is 64.6 Å². The molecule has 5 nitrogen and oxygen atoms in total. The zero-order valence-electron chi connectivity index (χ0n) is 15.4. The van der Waals surface area contributed by atoms with E-state index in [4.69, 9.17) is 9.47 Å². The van der Waals surface area contributed by atoms with Crippen molar-refractivity contribution < 1.29 is 19.1 Å². The molecule has 0 saturated heterocycles. The number of nitrogens with one attached hydrogen (secondary N) is 1. The number of hydrogen-bond acceptors (Lipinski definition) is 5. The van der Waals surface area contributed by atoms with Gasteiger partial charge in [-0.05, 0) is 60.9 Å². The molecule has 1 aliphatic carbocycles. The molecule has 1 aliphatic rings. The minimum absolute atomic E-state index is 0.128. The Bertz CT molecular complexity index is 807. The number of methoxy groups -OCH3 is 1. The highest BCUT2D eigenvalue weighted by molar-refractivity contribution is 7.11. The van der Waals surface area contributed by atoms with Crippen LogP contribution in [-0.4, -0.2) is 31.6 Å². The fraction of sp³-hybridized carbons (Fsp3) is 0.333. The van der Waals surface area contributed by atoms with E-state index in [0.717, 1.165) is 29.0 Å². The summed E-state index contributed by atoms with van der Waals surface area (Å²) in [5.41, 5.74) is 1.28. The fourth-order valence-electron chi connectivity index (χ4n) is 2.75. The van der Waals surface area contributed by atoms with Gasteiger partial charge in [-0.1, -0.05) is 18.2 Å². The molecule has 1 amide bonds. The predicted octanol–water partition coefficient (Wildman–Crippen LogP) is 3.76. The minimum Gasteiger partial charge on any atom is -0.497 e. The monoisotopic (exact) mass is 385 g/mol. The van der Waals surface area contributed by atoms with E-state index >= 15 is 0 Å². The maximum Gasteiger partial charge on any atom is 0.340 e. The van der Waals surface area contributed by atoms with E-state index in [1.54, 1.807) is 13.2 Å². The van der Waals surface area contributed by atoms with Crippen LogP contribution in [0, 0.1) is 5.92 Å². The maximum atomic E-state index is 12.6. The highest BCUT2D eigenvalue weighted by atomic mass is 32.1. The number of carbonyl (C=O) groups is 2. The summed E-state index contributed by atoms with van der Waals surface area (Å²) < 4.78 is 10.4. The fourth-order valence-corrected chi connectivity index (χ4v) is 3.48. The summed E-state index contributed by atoms with van der Waals surface area (Å²) >= 11 is 1.45. The molecule has 0 spiro atoms. The Morgan fingerprint density at radius 3 is 2.59 bits per heavy atom. The van der Waals surface area contributed by atoms with E-state index in [1.807, 2.05) is 48.7 Å². The molecule has 1 saturated carbocycles. The number of benzene rings is 1. The maximum absolute atomic E-state index is 12.6. The zero-order valence-corrected chi connectivity index (χ0v) is 16.3. The molecule has 142 valence electrons. The lowest BCUT2D eigenvalue weighted by molar-refractivity contribution is -0.143. The molecule has 0 unspecified atom stereocenters. The Balaban J connectivity index is 1.67. The quantitative estimate of drug-likeness (QED) is 0.555. The lowest BCUT2D eigenvalue weighted by Crippen LogP contribution is -2.37. The molecule has 0 aliphatic heterocycles. The molecule has 2 aromatic rings. The normalized spacial score (nSPS) is 15.1. The van der Waals surface area contributed by atoms with Crippen LogP contribution < -0.4 is 10.1 Å². The summed E-state index contributed by atoms with van der Waals surface area (Å²) in [4.78, 5) is 25.4. The van der Waals surface area contributed by atoms with Crippen molar-refractivity contribution in [3.8, 4) is 5.75 Å². The van der Waals surface area contributed by atoms with Gasteiger partial charge >= 0.3 is 5.97 Å². The SMILES string of the molecule is COc1ccc(/C=C(/C(=O)OCC(=O)N[C@@H](C)C2CC2)c2cccs2)cc1. The van der Waals surface area contributed by atoms with Gasteiger partial charge in [-0.3, -0.25) is 4.79 Å². The average molecular weight is 385 g/mol. The van der Waals surface area contributed by atoms with Gasteiger partial charge in [0.05, 0.1) is 12.7 Å². The predicted molar refractivity (Wildman–Crippen MR) is 106 cm³/mol. The van der Waals surface area contributed by atoms with Gasteiger partial charge in [0.25, 0.3) is 5.91 Å². The molecular formula is C21H23NO4S. The van der Waals surface area contributed by atoms with Crippen LogP contribution >= 0.6 is 11.3 Å². The molecule has 1 atom stereocenters. The summed E-state index contributed by atoms with van der Waals surface area (Å²) in [5, 5.41) is 4.78. The van der Waals surface area contributed by atoms with Crippen molar-refractivity contribution in [2.24, 2.45) is 5.92 Å². The number of esters is 1. The largest absolute Gasteiger partial charge is 0.497 e.